The molecule has 0 bridgehead atoms. The van der Waals surface area contributed by atoms with Crippen LogP contribution in [0.2, 0.25) is 0 Å². The summed E-state index contributed by atoms with van der Waals surface area (Å²) in [6, 6.07) is 0.436. The first kappa shape index (κ1) is 10.4. The Morgan fingerprint density at radius 1 is 1.21 bits per heavy atom. The van der Waals surface area contributed by atoms with Crippen LogP contribution in [0, 0.1) is 17.8 Å². The average molecular weight is 197 g/mol. The van der Waals surface area contributed by atoms with Gasteiger partial charge in [-0.15, -0.1) is 0 Å². The van der Waals surface area contributed by atoms with Gasteiger partial charge in [0.15, 0.2) is 0 Å². The van der Waals surface area contributed by atoms with Crippen LogP contribution in [-0.4, -0.2) is 19.3 Å². The summed E-state index contributed by atoms with van der Waals surface area (Å²) in [7, 11) is 0. The van der Waals surface area contributed by atoms with E-state index in [1.54, 1.807) is 0 Å². The summed E-state index contributed by atoms with van der Waals surface area (Å²) in [4.78, 5) is 0. The smallest absolute Gasteiger partial charge is 0.0468 e. The van der Waals surface area contributed by atoms with E-state index in [2.05, 4.69) is 6.92 Å². The highest BCUT2D eigenvalue weighted by Crippen LogP contribution is 2.39. The second-order valence-corrected chi connectivity index (χ2v) is 5.15. The lowest BCUT2D eigenvalue weighted by Crippen LogP contribution is -2.33. The predicted octanol–water partition coefficient (Wildman–Crippen LogP) is 2.18. The molecule has 14 heavy (non-hydrogen) atoms. The van der Waals surface area contributed by atoms with Gasteiger partial charge in [-0.2, -0.15) is 0 Å². The van der Waals surface area contributed by atoms with E-state index in [0.717, 1.165) is 31.0 Å². The molecule has 0 radical (unpaired) electrons. The van der Waals surface area contributed by atoms with Crippen molar-refractivity contribution < 1.29 is 4.74 Å². The first-order valence-electron chi connectivity index (χ1n) is 6.10. The van der Waals surface area contributed by atoms with Gasteiger partial charge in [0.25, 0.3) is 0 Å². The van der Waals surface area contributed by atoms with Crippen molar-refractivity contribution in [2.24, 2.45) is 23.5 Å². The maximum Gasteiger partial charge on any atom is 0.0468 e. The standard InChI is InChI=1S/C12H23NO/c1-9(11-2-3-11)12(13)8-10-4-6-14-7-5-10/h9-12H,2-8,13H2,1H3. The van der Waals surface area contributed by atoms with Crippen molar-refractivity contribution in [3.05, 3.63) is 0 Å². The zero-order chi connectivity index (χ0) is 9.97. The third-order valence-corrected chi connectivity index (χ3v) is 3.99. The number of ether oxygens (including phenoxy) is 1. The molecule has 2 unspecified atom stereocenters. The highest BCUT2D eigenvalue weighted by molar-refractivity contribution is 4.86. The Balaban J connectivity index is 1.71. The third kappa shape index (κ3) is 2.71. The first-order valence-corrected chi connectivity index (χ1v) is 6.10. The molecule has 82 valence electrons. The van der Waals surface area contributed by atoms with E-state index in [1.807, 2.05) is 0 Å². The molecule has 2 atom stereocenters. The molecule has 0 spiro atoms. The van der Waals surface area contributed by atoms with Crippen LogP contribution in [0.1, 0.15) is 39.0 Å². The molecular formula is C12H23NO. The van der Waals surface area contributed by atoms with Gasteiger partial charge in [0.2, 0.25) is 0 Å². The highest BCUT2D eigenvalue weighted by atomic mass is 16.5. The van der Waals surface area contributed by atoms with Gasteiger partial charge in [0, 0.05) is 19.3 Å². The lowest BCUT2D eigenvalue weighted by atomic mass is 9.86. The molecule has 2 N–H and O–H groups in total. The monoisotopic (exact) mass is 197 g/mol. The van der Waals surface area contributed by atoms with E-state index < -0.39 is 0 Å². The van der Waals surface area contributed by atoms with Crippen molar-refractivity contribution in [3.63, 3.8) is 0 Å². The van der Waals surface area contributed by atoms with Crippen LogP contribution < -0.4 is 5.73 Å². The van der Waals surface area contributed by atoms with E-state index in [-0.39, 0.29) is 0 Å². The Kier molecular flexibility index (Phi) is 3.45. The van der Waals surface area contributed by atoms with E-state index in [0.29, 0.717) is 6.04 Å². The van der Waals surface area contributed by atoms with Gasteiger partial charge in [-0.05, 0) is 49.9 Å². The van der Waals surface area contributed by atoms with Crippen LogP contribution in [0.15, 0.2) is 0 Å². The molecule has 1 saturated carbocycles. The molecule has 0 aromatic rings. The van der Waals surface area contributed by atoms with E-state index in [9.17, 15) is 0 Å². The van der Waals surface area contributed by atoms with Crippen LogP contribution in [0.5, 0.6) is 0 Å². The highest BCUT2D eigenvalue weighted by Gasteiger charge is 2.32. The summed E-state index contributed by atoms with van der Waals surface area (Å²) in [5.74, 6) is 2.53. The summed E-state index contributed by atoms with van der Waals surface area (Å²) in [5, 5.41) is 0. The Labute approximate surface area is 87.2 Å². The normalized spacial score (nSPS) is 28.7. The van der Waals surface area contributed by atoms with Gasteiger partial charge >= 0.3 is 0 Å². The van der Waals surface area contributed by atoms with Crippen LogP contribution >= 0.6 is 0 Å². The largest absolute Gasteiger partial charge is 0.381 e. The van der Waals surface area contributed by atoms with E-state index in [1.165, 1.54) is 32.1 Å². The second-order valence-electron chi connectivity index (χ2n) is 5.15. The zero-order valence-electron chi connectivity index (χ0n) is 9.24. The second kappa shape index (κ2) is 4.63. The van der Waals surface area contributed by atoms with E-state index in [4.69, 9.17) is 10.5 Å². The molecule has 2 fully saturated rings. The maximum atomic E-state index is 6.25. The van der Waals surface area contributed by atoms with Gasteiger partial charge in [0.1, 0.15) is 0 Å². The summed E-state index contributed by atoms with van der Waals surface area (Å²) in [6.07, 6.45) is 6.52. The van der Waals surface area contributed by atoms with Crippen molar-refractivity contribution in [2.75, 3.05) is 13.2 Å². The molecule has 0 amide bonds. The summed E-state index contributed by atoms with van der Waals surface area (Å²) < 4.78 is 5.36. The topological polar surface area (TPSA) is 35.2 Å². The molecule has 0 aromatic heterocycles. The number of nitrogens with two attached hydrogens (primary N) is 1. The minimum absolute atomic E-state index is 0.436. The fraction of sp³-hybridized carbons (Fsp3) is 1.00. The lowest BCUT2D eigenvalue weighted by molar-refractivity contribution is 0.0596. The predicted molar refractivity (Wildman–Crippen MR) is 58.0 cm³/mol. The first-order chi connectivity index (χ1) is 6.77. The molecule has 1 saturated heterocycles. The molecule has 2 nitrogen and oxygen atoms in total. The number of rotatable bonds is 4. The van der Waals surface area contributed by atoms with E-state index >= 15 is 0 Å². The van der Waals surface area contributed by atoms with Crippen molar-refractivity contribution in [1.29, 1.82) is 0 Å². The molecule has 2 aliphatic rings. The van der Waals surface area contributed by atoms with Crippen LogP contribution in [0.25, 0.3) is 0 Å². The maximum absolute atomic E-state index is 6.25. The molecule has 2 heteroatoms. The van der Waals surface area contributed by atoms with Crippen LogP contribution in [-0.2, 0) is 4.74 Å². The minimum atomic E-state index is 0.436. The van der Waals surface area contributed by atoms with Crippen molar-refractivity contribution in [2.45, 2.75) is 45.1 Å². The van der Waals surface area contributed by atoms with Crippen molar-refractivity contribution in [3.8, 4) is 0 Å². The quantitative estimate of drug-likeness (QED) is 0.749. The Morgan fingerprint density at radius 2 is 1.86 bits per heavy atom. The van der Waals surface area contributed by atoms with Crippen molar-refractivity contribution in [1.82, 2.24) is 0 Å². The van der Waals surface area contributed by atoms with Crippen molar-refractivity contribution >= 4 is 0 Å². The fourth-order valence-corrected chi connectivity index (χ4v) is 2.55. The summed E-state index contributed by atoms with van der Waals surface area (Å²) in [5.41, 5.74) is 6.25. The Morgan fingerprint density at radius 3 is 2.43 bits per heavy atom. The minimum Gasteiger partial charge on any atom is -0.381 e. The molecule has 1 heterocycles. The van der Waals surface area contributed by atoms with Crippen LogP contribution in [0.3, 0.4) is 0 Å². The Bertz CT molecular complexity index is 173. The fourth-order valence-electron chi connectivity index (χ4n) is 2.55. The molecule has 1 aliphatic heterocycles. The average Bonchev–Trinajstić information content (AvgIpc) is 3.01. The third-order valence-electron chi connectivity index (χ3n) is 3.99. The Hall–Kier alpha value is -0.0800. The lowest BCUT2D eigenvalue weighted by Gasteiger charge is -2.27. The molecule has 0 aromatic carbocycles. The van der Waals surface area contributed by atoms with Gasteiger partial charge in [0.05, 0.1) is 0 Å². The summed E-state index contributed by atoms with van der Waals surface area (Å²) >= 11 is 0. The molecule has 2 rings (SSSR count). The molecular weight excluding hydrogens is 174 g/mol. The van der Waals surface area contributed by atoms with Gasteiger partial charge in [-0.1, -0.05) is 6.92 Å². The van der Waals surface area contributed by atoms with Crippen LogP contribution in [0.4, 0.5) is 0 Å². The summed E-state index contributed by atoms with van der Waals surface area (Å²) in [6.45, 7) is 4.24. The van der Waals surface area contributed by atoms with Gasteiger partial charge < -0.3 is 10.5 Å². The van der Waals surface area contributed by atoms with Gasteiger partial charge in [-0.3, -0.25) is 0 Å². The van der Waals surface area contributed by atoms with Gasteiger partial charge in [-0.25, -0.2) is 0 Å². The molecule has 1 aliphatic carbocycles. The zero-order valence-corrected chi connectivity index (χ0v) is 9.24. The number of hydrogen-bond donors (Lipinski definition) is 1. The number of hydrogen-bond acceptors (Lipinski definition) is 2. The SMILES string of the molecule is CC(C(N)CC1CCOCC1)C1CC1.